The van der Waals surface area contributed by atoms with E-state index in [1.54, 1.807) is 13.0 Å². The van der Waals surface area contributed by atoms with E-state index in [-0.39, 0.29) is 12.0 Å². The number of aliphatic hydroxyl groups excluding tert-OH is 1. The van der Waals surface area contributed by atoms with Gasteiger partial charge in [0.15, 0.2) is 5.43 Å². The van der Waals surface area contributed by atoms with Crippen LogP contribution in [0.1, 0.15) is 18.1 Å². The van der Waals surface area contributed by atoms with Gasteiger partial charge in [0, 0.05) is 12.2 Å². The predicted molar refractivity (Wildman–Crippen MR) is 94.6 cm³/mol. The van der Waals surface area contributed by atoms with Crippen LogP contribution in [0.4, 0.5) is 0 Å². The standard InChI is InChI=1S/C20H20O4/c1-3-23-16-9-5-4-8-15(16)20-13(2)19(22)18-14(11-12-21)7-6-10-17(18)24-20/h4-10,21H,3,11-12H2,1-2H3. The molecule has 0 aliphatic rings. The lowest BCUT2D eigenvalue weighted by Gasteiger charge is -2.13. The van der Waals surface area contributed by atoms with Crippen LogP contribution in [-0.2, 0) is 6.42 Å². The zero-order valence-corrected chi connectivity index (χ0v) is 13.8. The minimum atomic E-state index is -0.0680. The number of aliphatic hydroxyl groups is 1. The van der Waals surface area contributed by atoms with Crippen molar-refractivity contribution in [3.8, 4) is 17.1 Å². The van der Waals surface area contributed by atoms with Crippen LogP contribution in [0.25, 0.3) is 22.3 Å². The van der Waals surface area contributed by atoms with Crippen LogP contribution in [0, 0.1) is 6.92 Å². The molecule has 0 radical (unpaired) electrons. The van der Waals surface area contributed by atoms with Gasteiger partial charge in [0.05, 0.1) is 17.6 Å². The fourth-order valence-electron chi connectivity index (χ4n) is 2.92. The van der Waals surface area contributed by atoms with Crippen molar-refractivity contribution in [2.45, 2.75) is 20.3 Å². The van der Waals surface area contributed by atoms with Crippen LogP contribution in [0.5, 0.6) is 5.75 Å². The Morgan fingerprint density at radius 2 is 1.92 bits per heavy atom. The Balaban J connectivity index is 2.29. The van der Waals surface area contributed by atoms with Crippen molar-refractivity contribution in [1.82, 2.24) is 0 Å². The molecule has 3 rings (SSSR count). The first-order chi connectivity index (χ1) is 11.7. The number of rotatable bonds is 5. The van der Waals surface area contributed by atoms with Crippen molar-refractivity contribution in [1.29, 1.82) is 0 Å². The molecule has 1 aromatic heterocycles. The van der Waals surface area contributed by atoms with Crippen LogP contribution in [-0.4, -0.2) is 18.3 Å². The first-order valence-corrected chi connectivity index (χ1v) is 8.05. The average Bonchev–Trinajstić information content (AvgIpc) is 2.59. The molecule has 24 heavy (non-hydrogen) atoms. The van der Waals surface area contributed by atoms with Gasteiger partial charge in [-0.25, -0.2) is 0 Å². The number of fused-ring (bicyclic) bond motifs is 1. The molecule has 0 aliphatic carbocycles. The fraction of sp³-hybridized carbons (Fsp3) is 0.250. The lowest BCUT2D eigenvalue weighted by Crippen LogP contribution is -2.10. The van der Waals surface area contributed by atoms with E-state index in [1.165, 1.54) is 0 Å². The zero-order chi connectivity index (χ0) is 17.1. The normalized spacial score (nSPS) is 11.0. The summed E-state index contributed by atoms with van der Waals surface area (Å²) in [6.07, 6.45) is 0.427. The third-order valence-corrected chi connectivity index (χ3v) is 4.05. The summed E-state index contributed by atoms with van der Waals surface area (Å²) in [5.74, 6) is 1.22. The molecule has 0 bridgehead atoms. The van der Waals surface area contributed by atoms with E-state index in [2.05, 4.69) is 0 Å². The smallest absolute Gasteiger partial charge is 0.196 e. The topological polar surface area (TPSA) is 59.7 Å². The second kappa shape index (κ2) is 6.89. The Hall–Kier alpha value is -2.59. The van der Waals surface area contributed by atoms with Gasteiger partial charge in [0.1, 0.15) is 17.1 Å². The number of hydrogen-bond acceptors (Lipinski definition) is 4. The van der Waals surface area contributed by atoms with Crippen LogP contribution in [0.2, 0.25) is 0 Å². The van der Waals surface area contributed by atoms with Gasteiger partial charge in [-0.15, -0.1) is 0 Å². The quantitative estimate of drug-likeness (QED) is 0.777. The van der Waals surface area contributed by atoms with Gasteiger partial charge in [-0.1, -0.05) is 24.3 Å². The van der Waals surface area contributed by atoms with Crippen molar-refractivity contribution in [2.75, 3.05) is 13.2 Å². The summed E-state index contributed by atoms with van der Waals surface area (Å²) in [7, 11) is 0. The van der Waals surface area contributed by atoms with Crippen molar-refractivity contribution in [3.63, 3.8) is 0 Å². The van der Waals surface area contributed by atoms with E-state index in [1.807, 2.05) is 43.3 Å². The fourth-order valence-corrected chi connectivity index (χ4v) is 2.92. The molecule has 4 nitrogen and oxygen atoms in total. The second-order valence-corrected chi connectivity index (χ2v) is 5.58. The van der Waals surface area contributed by atoms with E-state index in [4.69, 9.17) is 9.15 Å². The minimum absolute atomic E-state index is 0.00741. The Morgan fingerprint density at radius 1 is 1.12 bits per heavy atom. The number of para-hydroxylation sites is 1. The number of ether oxygens (including phenoxy) is 1. The molecule has 0 fully saturated rings. The molecule has 4 heteroatoms. The SMILES string of the molecule is CCOc1ccccc1-c1oc2cccc(CCO)c2c(=O)c1C. The van der Waals surface area contributed by atoms with E-state index in [0.717, 1.165) is 11.1 Å². The van der Waals surface area contributed by atoms with Crippen LogP contribution < -0.4 is 10.2 Å². The average molecular weight is 324 g/mol. The largest absolute Gasteiger partial charge is 0.493 e. The van der Waals surface area contributed by atoms with Crippen molar-refractivity contribution < 1.29 is 14.3 Å². The van der Waals surface area contributed by atoms with Gasteiger partial charge < -0.3 is 14.3 Å². The van der Waals surface area contributed by atoms with E-state index < -0.39 is 0 Å². The summed E-state index contributed by atoms with van der Waals surface area (Å²) in [5, 5.41) is 9.76. The van der Waals surface area contributed by atoms with Crippen LogP contribution >= 0.6 is 0 Å². The summed E-state index contributed by atoms with van der Waals surface area (Å²) >= 11 is 0. The van der Waals surface area contributed by atoms with Gasteiger partial charge in [-0.05, 0) is 44.0 Å². The summed E-state index contributed by atoms with van der Waals surface area (Å²) in [5.41, 5.74) is 2.57. The first-order valence-electron chi connectivity index (χ1n) is 8.05. The molecule has 2 aromatic carbocycles. The van der Waals surface area contributed by atoms with Gasteiger partial charge >= 0.3 is 0 Å². The first kappa shape index (κ1) is 16.3. The van der Waals surface area contributed by atoms with Crippen molar-refractivity contribution in [3.05, 3.63) is 63.8 Å². The van der Waals surface area contributed by atoms with E-state index >= 15 is 0 Å². The molecule has 0 aliphatic heterocycles. The molecule has 0 saturated carbocycles. The zero-order valence-electron chi connectivity index (χ0n) is 13.8. The van der Waals surface area contributed by atoms with Gasteiger partial charge in [0.2, 0.25) is 0 Å². The molecule has 0 unspecified atom stereocenters. The van der Waals surface area contributed by atoms with Crippen LogP contribution in [0.3, 0.4) is 0 Å². The minimum Gasteiger partial charge on any atom is -0.493 e. The molecule has 1 N–H and O–H groups in total. The Kier molecular flexibility index (Phi) is 4.67. The molecular weight excluding hydrogens is 304 g/mol. The highest BCUT2D eigenvalue weighted by atomic mass is 16.5. The lowest BCUT2D eigenvalue weighted by atomic mass is 10.0. The number of hydrogen-bond donors (Lipinski definition) is 1. The molecule has 1 heterocycles. The Morgan fingerprint density at radius 3 is 2.67 bits per heavy atom. The molecule has 0 saturated heterocycles. The van der Waals surface area contributed by atoms with Crippen molar-refractivity contribution >= 4 is 11.0 Å². The molecular formula is C20H20O4. The monoisotopic (exact) mass is 324 g/mol. The molecule has 124 valence electrons. The molecule has 0 spiro atoms. The van der Waals surface area contributed by atoms with Gasteiger partial charge in [-0.2, -0.15) is 0 Å². The molecule has 3 aromatic rings. The summed E-state index contributed by atoms with van der Waals surface area (Å²) in [6, 6.07) is 13.0. The second-order valence-electron chi connectivity index (χ2n) is 5.58. The molecule has 0 amide bonds. The van der Waals surface area contributed by atoms with Gasteiger partial charge in [-0.3, -0.25) is 4.79 Å². The maximum absolute atomic E-state index is 12.9. The Bertz CT molecular complexity index is 925. The maximum Gasteiger partial charge on any atom is 0.196 e. The lowest BCUT2D eigenvalue weighted by molar-refractivity contribution is 0.300. The van der Waals surface area contributed by atoms with E-state index in [9.17, 15) is 9.90 Å². The van der Waals surface area contributed by atoms with Crippen molar-refractivity contribution in [2.24, 2.45) is 0 Å². The summed E-state index contributed by atoms with van der Waals surface area (Å²) in [6.45, 7) is 4.21. The van der Waals surface area contributed by atoms with E-state index in [0.29, 0.717) is 41.1 Å². The summed E-state index contributed by atoms with van der Waals surface area (Å²) < 4.78 is 11.7. The summed E-state index contributed by atoms with van der Waals surface area (Å²) in [4.78, 5) is 12.9. The highest BCUT2D eigenvalue weighted by Crippen LogP contribution is 2.33. The third-order valence-electron chi connectivity index (χ3n) is 4.05. The van der Waals surface area contributed by atoms with Crippen LogP contribution in [0.15, 0.2) is 51.7 Å². The van der Waals surface area contributed by atoms with Gasteiger partial charge in [0.25, 0.3) is 0 Å². The number of benzene rings is 2. The third kappa shape index (κ3) is 2.81. The maximum atomic E-state index is 12.9. The predicted octanol–water partition coefficient (Wildman–Crippen LogP) is 3.70. The highest BCUT2D eigenvalue weighted by molar-refractivity contribution is 5.84. The highest BCUT2D eigenvalue weighted by Gasteiger charge is 2.17. The molecule has 0 atom stereocenters. The Labute approximate surface area is 140 Å².